The van der Waals surface area contributed by atoms with E-state index in [1.807, 2.05) is 0 Å². The topological polar surface area (TPSA) is 3.88 Å². The molecule has 1 heterocycles. The number of hydrogen-bond acceptors (Lipinski definition) is 0. The van der Waals surface area contributed by atoms with Crippen molar-refractivity contribution in [2.45, 2.75) is 162 Å². The molecule has 0 radical (unpaired) electrons. The maximum atomic E-state index is 2.52. The van der Waals surface area contributed by atoms with E-state index in [0.717, 1.165) is 6.54 Å². The Labute approximate surface area is 196 Å². The van der Waals surface area contributed by atoms with Gasteiger partial charge in [0.25, 0.3) is 0 Å². The van der Waals surface area contributed by atoms with E-state index in [4.69, 9.17) is 0 Å². The van der Waals surface area contributed by atoms with Crippen LogP contribution >= 0.6 is 0 Å². The summed E-state index contributed by atoms with van der Waals surface area (Å²) in [5, 5.41) is 0. The predicted molar refractivity (Wildman–Crippen MR) is 139 cm³/mol. The van der Waals surface area contributed by atoms with Gasteiger partial charge in [-0.25, -0.2) is 4.57 Å². The Balaban J connectivity index is 2.24. The summed E-state index contributed by atoms with van der Waals surface area (Å²) in [5.74, 6) is 0. The van der Waals surface area contributed by atoms with E-state index in [9.17, 15) is 0 Å². The third kappa shape index (κ3) is 16.4. The molecule has 0 bridgehead atoms. The van der Waals surface area contributed by atoms with Crippen LogP contribution in [0, 0.1) is 0 Å². The average Bonchev–Trinajstić information content (AvgIpc) is 2.77. The summed E-state index contributed by atoms with van der Waals surface area (Å²) in [5.41, 5.74) is 3.15. The maximum Gasteiger partial charge on any atom is 0.171 e. The largest absolute Gasteiger partial charge is 0.205 e. The minimum Gasteiger partial charge on any atom is -0.205 e. The zero-order chi connectivity index (χ0) is 22.4. The third-order valence-corrected chi connectivity index (χ3v) is 6.65. The number of aromatic nitrogens is 1. The highest BCUT2D eigenvalue weighted by molar-refractivity contribution is 5.15. The molecule has 0 aliphatic heterocycles. The van der Waals surface area contributed by atoms with Crippen molar-refractivity contribution in [1.29, 1.82) is 0 Å². The van der Waals surface area contributed by atoms with Crippen LogP contribution in [-0.2, 0) is 19.4 Å². The molecule has 1 aromatic heterocycles. The van der Waals surface area contributed by atoms with E-state index in [1.54, 1.807) is 11.1 Å². The lowest BCUT2D eigenvalue weighted by atomic mass is 10.0. The molecule has 0 atom stereocenters. The van der Waals surface area contributed by atoms with Gasteiger partial charge in [0.1, 0.15) is 6.54 Å². The van der Waals surface area contributed by atoms with E-state index >= 15 is 0 Å². The molecule has 0 saturated heterocycles. The highest BCUT2D eigenvalue weighted by Crippen LogP contribution is 2.15. The van der Waals surface area contributed by atoms with Crippen molar-refractivity contribution in [3.63, 3.8) is 0 Å². The van der Waals surface area contributed by atoms with E-state index in [-0.39, 0.29) is 0 Å². The fraction of sp³-hybridized carbons (Fsp3) is 0.833. The molecule has 0 fully saturated rings. The van der Waals surface area contributed by atoms with Gasteiger partial charge in [-0.1, -0.05) is 124 Å². The van der Waals surface area contributed by atoms with Crippen LogP contribution < -0.4 is 4.57 Å². The van der Waals surface area contributed by atoms with Gasteiger partial charge in [0.05, 0.1) is 0 Å². The van der Waals surface area contributed by atoms with Crippen molar-refractivity contribution >= 4 is 0 Å². The SMILES string of the molecule is CCCCCCCCCCCc1cc(CCCCCCCCCCC)c[n+](CCC)c1. The lowest BCUT2D eigenvalue weighted by Crippen LogP contribution is -2.34. The normalized spacial score (nSPS) is 11.3. The molecule has 0 N–H and O–H groups in total. The van der Waals surface area contributed by atoms with Crippen LogP contribution in [0.2, 0.25) is 0 Å². The zero-order valence-corrected chi connectivity index (χ0v) is 21.7. The summed E-state index contributed by atoms with van der Waals surface area (Å²) in [6, 6.07) is 2.52. The highest BCUT2D eigenvalue weighted by atomic mass is 14.9. The van der Waals surface area contributed by atoms with Gasteiger partial charge in [-0.15, -0.1) is 0 Å². The molecule has 0 spiro atoms. The lowest BCUT2D eigenvalue weighted by Gasteiger charge is -2.07. The lowest BCUT2D eigenvalue weighted by molar-refractivity contribution is -0.697. The standard InChI is InChI=1S/C30H56N/c1-4-7-9-11-13-15-17-19-21-23-29-26-30(28-31(27-29)25-6-3)24-22-20-18-16-14-12-10-8-5-2/h26-28H,4-25H2,1-3H3/q+1. The van der Waals surface area contributed by atoms with Crippen LogP contribution in [0.5, 0.6) is 0 Å². The minimum atomic E-state index is 1.16. The van der Waals surface area contributed by atoms with Crippen LogP contribution in [0.4, 0.5) is 0 Å². The van der Waals surface area contributed by atoms with E-state index in [1.165, 1.54) is 135 Å². The Hall–Kier alpha value is -0.850. The summed E-state index contributed by atoms with van der Waals surface area (Å²) in [6.07, 6.45) is 34.1. The second kappa shape index (κ2) is 21.0. The molecule has 0 saturated carbocycles. The molecule has 1 nitrogen and oxygen atoms in total. The van der Waals surface area contributed by atoms with Crippen molar-refractivity contribution in [3.8, 4) is 0 Å². The second-order valence-corrected chi connectivity index (χ2v) is 9.95. The van der Waals surface area contributed by atoms with Crippen molar-refractivity contribution in [2.24, 2.45) is 0 Å². The second-order valence-electron chi connectivity index (χ2n) is 9.95. The van der Waals surface area contributed by atoms with E-state index in [2.05, 4.69) is 43.8 Å². The molecule has 31 heavy (non-hydrogen) atoms. The molecular weight excluding hydrogens is 374 g/mol. The van der Waals surface area contributed by atoms with Gasteiger partial charge in [0, 0.05) is 17.5 Å². The molecule has 180 valence electrons. The Morgan fingerprint density at radius 2 is 0.806 bits per heavy atom. The Morgan fingerprint density at radius 1 is 0.452 bits per heavy atom. The van der Waals surface area contributed by atoms with Crippen LogP contribution in [-0.4, -0.2) is 0 Å². The number of aryl methyl sites for hydroxylation is 3. The fourth-order valence-electron chi connectivity index (χ4n) is 4.72. The number of nitrogens with zero attached hydrogens (tertiary/aromatic N) is 1. The molecule has 0 unspecified atom stereocenters. The first-order valence-electron chi connectivity index (χ1n) is 14.3. The number of unbranched alkanes of at least 4 members (excludes halogenated alkanes) is 16. The van der Waals surface area contributed by atoms with E-state index in [0.29, 0.717) is 0 Å². The van der Waals surface area contributed by atoms with E-state index < -0.39 is 0 Å². The Morgan fingerprint density at radius 3 is 1.16 bits per heavy atom. The first kappa shape index (κ1) is 28.2. The summed E-state index contributed by atoms with van der Waals surface area (Å²) in [7, 11) is 0. The van der Waals surface area contributed by atoms with Crippen LogP contribution in [0.1, 0.15) is 154 Å². The quantitative estimate of drug-likeness (QED) is 0.127. The van der Waals surface area contributed by atoms with Gasteiger partial charge in [0.15, 0.2) is 12.4 Å². The first-order valence-corrected chi connectivity index (χ1v) is 14.3. The van der Waals surface area contributed by atoms with Gasteiger partial charge >= 0.3 is 0 Å². The molecule has 1 aromatic rings. The van der Waals surface area contributed by atoms with Gasteiger partial charge < -0.3 is 0 Å². The smallest absolute Gasteiger partial charge is 0.171 e. The molecule has 0 aliphatic carbocycles. The molecule has 0 aliphatic rings. The van der Waals surface area contributed by atoms with Crippen molar-refractivity contribution in [2.75, 3.05) is 0 Å². The average molecular weight is 431 g/mol. The predicted octanol–water partition coefficient (Wildman–Crippen LogP) is 9.53. The van der Waals surface area contributed by atoms with Gasteiger partial charge in [-0.3, -0.25) is 0 Å². The molecule has 0 aromatic carbocycles. The Bertz CT molecular complexity index is 467. The van der Waals surface area contributed by atoms with Gasteiger partial charge in [0.2, 0.25) is 0 Å². The summed E-state index contributed by atoms with van der Waals surface area (Å²) in [6.45, 7) is 8.06. The number of pyridine rings is 1. The molecule has 1 rings (SSSR count). The van der Waals surface area contributed by atoms with Crippen LogP contribution in [0.15, 0.2) is 18.5 Å². The first-order chi connectivity index (χ1) is 15.3. The summed E-state index contributed by atoms with van der Waals surface area (Å²) < 4.78 is 2.46. The minimum absolute atomic E-state index is 1.16. The van der Waals surface area contributed by atoms with Crippen LogP contribution in [0.25, 0.3) is 0 Å². The number of hydrogen-bond donors (Lipinski definition) is 0. The molecule has 0 amide bonds. The number of rotatable bonds is 22. The maximum absolute atomic E-state index is 2.52. The zero-order valence-electron chi connectivity index (χ0n) is 21.7. The third-order valence-electron chi connectivity index (χ3n) is 6.65. The fourth-order valence-corrected chi connectivity index (χ4v) is 4.72. The molecule has 1 heteroatoms. The molecular formula is C30H56N+. The van der Waals surface area contributed by atoms with Crippen molar-refractivity contribution in [1.82, 2.24) is 0 Å². The van der Waals surface area contributed by atoms with Crippen molar-refractivity contribution in [3.05, 3.63) is 29.6 Å². The summed E-state index contributed by atoms with van der Waals surface area (Å²) >= 11 is 0. The Kier molecular flexibility index (Phi) is 19.1. The highest BCUT2D eigenvalue weighted by Gasteiger charge is 2.07. The monoisotopic (exact) mass is 430 g/mol. The van der Waals surface area contributed by atoms with Crippen molar-refractivity contribution < 1.29 is 4.57 Å². The van der Waals surface area contributed by atoms with Crippen LogP contribution in [0.3, 0.4) is 0 Å². The van der Waals surface area contributed by atoms with Gasteiger partial charge in [-0.05, 0) is 31.7 Å². The van der Waals surface area contributed by atoms with Gasteiger partial charge in [-0.2, -0.15) is 0 Å². The summed E-state index contributed by atoms with van der Waals surface area (Å²) in [4.78, 5) is 0.